The summed E-state index contributed by atoms with van der Waals surface area (Å²) >= 11 is 3.60. The second kappa shape index (κ2) is 15.1. The minimum absolute atomic E-state index is 0. The molecule has 1 N–H and O–H groups in total. The van der Waals surface area contributed by atoms with Crippen molar-refractivity contribution in [2.24, 2.45) is 10.8 Å². The van der Waals surface area contributed by atoms with Crippen LogP contribution in [0.25, 0.3) is 52.4 Å². The fourth-order valence-corrected chi connectivity index (χ4v) is 8.46. The van der Waals surface area contributed by atoms with E-state index in [1.165, 1.54) is 42.8 Å². The number of aromatic nitrogens is 2. The van der Waals surface area contributed by atoms with Gasteiger partial charge in [-0.05, 0) is 60.4 Å². The van der Waals surface area contributed by atoms with Crippen LogP contribution in [-0.4, -0.2) is 20.9 Å². The van der Waals surface area contributed by atoms with E-state index in [1.54, 1.807) is 17.7 Å². The first kappa shape index (κ1) is 38.8. The third-order valence-electron chi connectivity index (χ3n) is 10.6. The zero-order valence-corrected chi connectivity index (χ0v) is 34.5. The molecule has 6 rings (SSSR count). The summed E-state index contributed by atoms with van der Waals surface area (Å²) in [4.78, 5) is 21.7. The number of rotatable bonds is 8. The van der Waals surface area contributed by atoms with Crippen molar-refractivity contribution in [3.8, 4) is 11.3 Å². The molecule has 0 unspecified atom stereocenters. The number of hydrogen-bond donors (Lipinski definition) is 1. The summed E-state index contributed by atoms with van der Waals surface area (Å²) in [6.45, 7) is 21.1. The largest absolute Gasteiger partial charge is 0.512 e. The second-order valence-corrected chi connectivity index (χ2v) is 16.5. The Morgan fingerprint density at radius 2 is 1.53 bits per heavy atom. The van der Waals surface area contributed by atoms with Crippen molar-refractivity contribution in [1.29, 1.82) is 0 Å². The fraction of sp³-hybridized carbons (Fsp3) is 0.405. The fourth-order valence-electron chi connectivity index (χ4n) is 6.13. The van der Waals surface area contributed by atoms with Crippen LogP contribution in [0, 0.1) is 23.8 Å². The number of ketones is 1. The number of benzene rings is 3. The molecular weight excluding hydrogens is 821 g/mol. The third kappa shape index (κ3) is 7.42. The predicted molar refractivity (Wildman–Crippen MR) is 209 cm³/mol. The molecule has 4 nitrogen and oxygen atoms in total. The van der Waals surface area contributed by atoms with Gasteiger partial charge < -0.3 is 5.11 Å². The van der Waals surface area contributed by atoms with E-state index >= 15 is 0 Å². The summed E-state index contributed by atoms with van der Waals surface area (Å²) in [5, 5.41) is 17.3. The van der Waals surface area contributed by atoms with Crippen molar-refractivity contribution in [2.45, 2.75) is 100 Å². The van der Waals surface area contributed by atoms with Gasteiger partial charge in [0.1, 0.15) is 12.1 Å². The van der Waals surface area contributed by atoms with Crippen molar-refractivity contribution >= 4 is 69.6 Å². The van der Waals surface area contributed by atoms with Crippen LogP contribution >= 0.6 is 22.7 Å². The number of aliphatic hydroxyl groups excluding tert-OH is 1. The van der Waals surface area contributed by atoms with Gasteiger partial charge in [-0.25, -0.2) is 4.98 Å². The van der Waals surface area contributed by atoms with Crippen molar-refractivity contribution in [3.63, 3.8) is 0 Å². The summed E-state index contributed by atoms with van der Waals surface area (Å²) in [7, 11) is 0. The van der Waals surface area contributed by atoms with Gasteiger partial charge in [0.05, 0.1) is 5.52 Å². The Hall–Kier alpha value is -2.96. The van der Waals surface area contributed by atoms with Crippen molar-refractivity contribution in [2.75, 3.05) is 0 Å². The smallest absolute Gasteiger partial charge is 0.164 e. The van der Waals surface area contributed by atoms with Crippen LogP contribution in [0.2, 0.25) is 0 Å². The van der Waals surface area contributed by atoms with Crippen molar-refractivity contribution in [3.05, 3.63) is 83.2 Å². The molecule has 0 aliphatic heterocycles. The van der Waals surface area contributed by atoms with E-state index in [-0.39, 0.29) is 47.9 Å². The summed E-state index contributed by atoms with van der Waals surface area (Å²) in [5.41, 5.74) is 5.14. The molecule has 7 heteroatoms. The number of allylic oxidation sites excluding steroid dienone is 2. The molecular formula is C42H49IrN2O2S2-. The Bertz CT molecular complexity index is 2140. The van der Waals surface area contributed by atoms with Gasteiger partial charge in [-0.15, -0.1) is 51.8 Å². The Morgan fingerprint density at radius 1 is 0.878 bits per heavy atom. The minimum Gasteiger partial charge on any atom is -0.512 e. The molecule has 0 bridgehead atoms. The van der Waals surface area contributed by atoms with Gasteiger partial charge in [-0.1, -0.05) is 97.5 Å². The zero-order chi connectivity index (χ0) is 35.0. The first-order valence-corrected chi connectivity index (χ1v) is 18.9. The maximum absolute atomic E-state index is 12.2. The Balaban J connectivity index is 0.000000260. The standard InChI is InChI=1S/C27H21N2S2.C15H28O2.Ir/c1-15-13-30-25-18(15)9-10-21-22(25)24-26(31-21)23(28-14-29-24)17-11-16-7-5-6-8-19(16)20(12-17)27(2,3)4;1-7-14(5,8-2)12(16)11-13(17)15(6,9-3)10-4;/h5-10,12-14H,1-4H3;11,16H,7-10H2,1-6H3;/q-1;;/b;12-11-;. The van der Waals surface area contributed by atoms with Crippen LogP contribution in [-0.2, 0) is 30.3 Å². The Morgan fingerprint density at radius 3 is 2.16 bits per heavy atom. The van der Waals surface area contributed by atoms with Crippen molar-refractivity contribution in [1.82, 2.24) is 9.97 Å². The number of nitrogens with zero attached hydrogens (tertiary/aromatic N) is 2. The molecule has 0 aliphatic rings. The molecule has 0 fully saturated rings. The predicted octanol–water partition coefficient (Wildman–Crippen LogP) is 12.9. The quantitative estimate of drug-likeness (QED) is 0.0940. The van der Waals surface area contributed by atoms with Gasteiger partial charge in [0, 0.05) is 62.2 Å². The first-order chi connectivity index (χ1) is 22.7. The monoisotopic (exact) mass is 870 g/mol. The second-order valence-electron chi connectivity index (χ2n) is 14.6. The Kier molecular flexibility index (Phi) is 12.0. The molecule has 3 heterocycles. The van der Waals surface area contributed by atoms with E-state index in [0.717, 1.165) is 52.5 Å². The van der Waals surface area contributed by atoms with Gasteiger partial charge in [0.25, 0.3) is 0 Å². The summed E-state index contributed by atoms with van der Waals surface area (Å²) in [6.07, 6.45) is 6.47. The van der Waals surface area contributed by atoms with E-state index in [2.05, 4.69) is 81.6 Å². The van der Waals surface area contributed by atoms with E-state index in [4.69, 9.17) is 9.97 Å². The topological polar surface area (TPSA) is 63.1 Å². The third-order valence-corrected chi connectivity index (χ3v) is 12.9. The normalized spacial score (nSPS) is 12.7. The van der Waals surface area contributed by atoms with Crippen LogP contribution < -0.4 is 0 Å². The zero-order valence-electron chi connectivity index (χ0n) is 30.5. The van der Waals surface area contributed by atoms with Crippen LogP contribution in [0.15, 0.2) is 66.0 Å². The minimum atomic E-state index is -0.337. The molecule has 0 atom stereocenters. The number of thiophene rings is 2. The average molecular weight is 870 g/mol. The SMILES string of the molecule is CCC(C)(CC)C(=O)/C=C(\O)C(C)(CC)CC.Cc1csc2c1ccc1sc3c(-c4[c-]c5ccccc5c(C(C)(C)C)c4)ncnc3c12.[Ir]. The maximum atomic E-state index is 12.2. The van der Waals surface area contributed by atoms with E-state index < -0.39 is 0 Å². The molecule has 0 aliphatic carbocycles. The van der Waals surface area contributed by atoms with Crippen LogP contribution in [0.4, 0.5) is 0 Å². The maximum Gasteiger partial charge on any atom is 0.164 e. The molecule has 0 saturated heterocycles. The molecule has 3 aromatic heterocycles. The number of aryl methyl sites for hydroxylation is 1. The summed E-state index contributed by atoms with van der Waals surface area (Å²) in [5.74, 6) is 0.286. The van der Waals surface area contributed by atoms with Gasteiger partial charge in [-0.3, -0.25) is 9.78 Å². The van der Waals surface area contributed by atoms with E-state index in [0.29, 0.717) is 0 Å². The first-order valence-electron chi connectivity index (χ1n) is 17.2. The van der Waals surface area contributed by atoms with Crippen molar-refractivity contribution < 1.29 is 30.0 Å². The summed E-state index contributed by atoms with van der Waals surface area (Å²) in [6, 6.07) is 18.9. The molecule has 3 aromatic carbocycles. The molecule has 0 saturated carbocycles. The van der Waals surface area contributed by atoms with Crippen LogP contribution in [0.1, 0.15) is 99.1 Å². The van der Waals surface area contributed by atoms with Gasteiger partial charge in [-0.2, -0.15) is 0 Å². The van der Waals surface area contributed by atoms with Gasteiger partial charge in [0.15, 0.2) is 5.78 Å². The number of carbonyl (C=O) groups excluding carboxylic acids is 1. The molecule has 6 aromatic rings. The van der Waals surface area contributed by atoms with Crippen LogP contribution in [0.3, 0.4) is 0 Å². The average Bonchev–Trinajstić information content (AvgIpc) is 3.66. The summed E-state index contributed by atoms with van der Waals surface area (Å²) < 4.78 is 3.73. The Labute approximate surface area is 313 Å². The number of hydrogen-bond acceptors (Lipinski definition) is 6. The molecule has 0 amide bonds. The van der Waals surface area contributed by atoms with Gasteiger partial charge >= 0.3 is 0 Å². The van der Waals surface area contributed by atoms with Crippen LogP contribution in [0.5, 0.6) is 0 Å². The molecule has 261 valence electrons. The number of fused-ring (bicyclic) bond motifs is 6. The number of carbonyl (C=O) groups is 1. The molecule has 0 spiro atoms. The van der Waals surface area contributed by atoms with Gasteiger partial charge in [0.2, 0.25) is 0 Å². The number of aliphatic hydroxyl groups is 1. The molecule has 1 radical (unpaired) electrons. The van der Waals surface area contributed by atoms with E-state index in [9.17, 15) is 9.90 Å². The van der Waals surface area contributed by atoms with E-state index in [1.807, 2.05) is 52.9 Å². The molecule has 49 heavy (non-hydrogen) atoms.